The van der Waals surface area contributed by atoms with E-state index >= 15 is 0 Å². The summed E-state index contributed by atoms with van der Waals surface area (Å²) in [6.07, 6.45) is 10.7. The summed E-state index contributed by atoms with van der Waals surface area (Å²) in [5, 5.41) is 12.1. The Balaban J connectivity index is 1.30. The number of carbonyl (C=O) groups is 1. The van der Waals surface area contributed by atoms with Gasteiger partial charge in [0.25, 0.3) is 0 Å². The lowest BCUT2D eigenvalue weighted by Gasteiger charge is -2.32. The number of pyridine rings is 1. The average Bonchev–Trinajstić information content (AvgIpc) is 3.00. The van der Waals surface area contributed by atoms with Crippen LogP contribution in [0.4, 0.5) is 0 Å². The number of carbonyl (C=O) groups excluding carboxylic acids is 1. The molecule has 0 aliphatic carbocycles. The summed E-state index contributed by atoms with van der Waals surface area (Å²) in [6.45, 7) is 4.71. The van der Waals surface area contributed by atoms with E-state index in [1.165, 1.54) is 31.2 Å². The van der Waals surface area contributed by atoms with Crippen molar-refractivity contribution in [3.63, 3.8) is 0 Å². The Bertz CT molecular complexity index is 747. The zero-order chi connectivity index (χ0) is 19.2. The molecule has 0 unspecified atom stereocenters. The SMILES string of the molecule is O=C(Cn1nnnc1CN1CCCCCC1)N1CCC(c2ccncc2)CC1. The predicted molar refractivity (Wildman–Crippen MR) is 104 cm³/mol. The zero-order valence-electron chi connectivity index (χ0n) is 16.4. The molecule has 28 heavy (non-hydrogen) atoms. The summed E-state index contributed by atoms with van der Waals surface area (Å²) in [5.74, 6) is 1.42. The number of amides is 1. The van der Waals surface area contributed by atoms with Crippen LogP contribution in [0.5, 0.6) is 0 Å². The third-order valence-electron chi connectivity index (χ3n) is 5.98. The molecule has 2 fully saturated rings. The minimum absolute atomic E-state index is 0.109. The normalized spacial score (nSPS) is 19.5. The summed E-state index contributed by atoms with van der Waals surface area (Å²) >= 11 is 0. The third kappa shape index (κ3) is 4.73. The van der Waals surface area contributed by atoms with Crippen molar-refractivity contribution in [3.8, 4) is 0 Å². The highest BCUT2D eigenvalue weighted by Gasteiger charge is 2.25. The Hall–Kier alpha value is -2.35. The van der Waals surface area contributed by atoms with Crippen LogP contribution in [0.2, 0.25) is 0 Å². The van der Waals surface area contributed by atoms with Gasteiger partial charge in [0, 0.05) is 25.5 Å². The molecule has 0 atom stereocenters. The van der Waals surface area contributed by atoms with Gasteiger partial charge in [-0.15, -0.1) is 5.10 Å². The van der Waals surface area contributed by atoms with E-state index in [9.17, 15) is 4.79 Å². The third-order valence-corrected chi connectivity index (χ3v) is 5.98. The number of nitrogens with zero attached hydrogens (tertiary/aromatic N) is 7. The second kappa shape index (κ2) is 9.23. The van der Waals surface area contributed by atoms with Crippen molar-refractivity contribution in [1.29, 1.82) is 0 Å². The summed E-state index contributed by atoms with van der Waals surface area (Å²) in [4.78, 5) is 21.2. The fourth-order valence-electron chi connectivity index (χ4n) is 4.28. The topological polar surface area (TPSA) is 80.0 Å². The van der Waals surface area contributed by atoms with Gasteiger partial charge in [-0.3, -0.25) is 14.7 Å². The van der Waals surface area contributed by atoms with Crippen molar-refractivity contribution in [2.75, 3.05) is 26.2 Å². The predicted octanol–water partition coefficient (Wildman–Crippen LogP) is 1.85. The molecule has 0 N–H and O–H groups in total. The van der Waals surface area contributed by atoms with Gasteiger partial charge >= 0.3 is 0 Å². The van der Waals surface area contributed by atoms with Gasteiger partial charge in [-0.1, -0.05) is 12.8 Å². The van der Waals surface area contributed by atoms with Gasteiger partial charge in [0.15, 0.2) is 5.82 Å². The van der Waals surface area contributed by atoms with Crippen molar-refractivity contribution < 1.29 is 4.79 Å². The summed E-state index contributed by atoms with van der Waals surface area (Å²) in [5.41, 5.74) is 1.32. The molecule has 150 valence electrons. The highest BCUT2D eigenvalue weighted by Crippen LogP contribution is 2.27. The first kappa shape index (κ1) is 19.0. The first-order valence-electron chi connectivity index (χ1n) is 10.4. The van der Waals surface area contributed by atoms with Crippen LogP contribution in [-0.2, 0) is 17.9 Å². The molecule has 1 amide bonds. The average molecular weight is 384 g/mol. The number of hydrogen-bond acceptors (Lipinski definition) is 6. The van der Waals surface area contributed by atoms with Crippen LogP contribution < -0.4 is 0 Å². The van der Waals surface area contributed by atoms with E-state index < -0.39 is 0 Å². The Labute approximate surface area is 165 Å². The standard InChI is InChI=1S/C20H29N7O/c28-20(26-13-7-18(8-14-26)17-5-9-21-10-6-17)16-27-19(22-23-24-27)15-25-11-3-1-2-4-12-25/h5-6,9-10,18H,1-4,7-8,11-16H2. The van der Waals surface area contributed by atoms with Crippen LogP contribution in [0.3, 0.4) is 0 Å². The fraction of sp³-hybridized carbons (Fsp3) is 0.650. The number of rotatable bonds is 5. The number of tetrazole rings is 1. The molecule has 0 aromatic carbocycles. The molecule has 2 saturated heterocycles. The number of hydrogen-bond donors (Lipinski definition) is 0. The highest BCUT2D eigenvalue weighted by molar-refractivity contribution is 5.76. The lowest BCUT2D eigenvalue weighted by Crippen LogP contribution is -2.40. The molecule has 2 aliphatic heterocycles. The Kier molecular flexibility index (Phi) is 6.26. The molecule has 4 rings (SSSR count). The zero-order valence-corrected chi connectivity index (χ0v) is 16.4. The Morgan fingerprint density at radius 2 is 1.71 bits per heavy atom. The van der Waals surface area contributed by atoms with Gasteiger partial charge in [-0.25, -0.2) is 4.68 Å². The number of piperidine rings is 1. The molecular weight excluding hydrogens is 354 g/mol. The lowest BCUT2D eigenvalue weighted by atomic mass is 9.90. The molecule has 0 saturated carbocycles. The fourth-order valence-corrected chi connectivity index (χ4v) is 4.28. The van der Waals surface area contributed by atoms with E-state index in [-0.39, 0.29) is 12.5 Å². The van der Waals surface area contributed by atoms with Crippen molar-refractivity contribution in [2.45, 2.75) is 57.5 Å². The van der Waals surface area contributed by atoms with Crippen LogP contribution in [0.25, 0.3) is 0 Å². The van der Waals surface area contributed by atoms with Crippen LogP contribution in [0.1, 0.15) is 55.8 Å². The van der Waals surface area contributed by atoms with Gasteiger partial charge < -0.3 is 4.90 Å². The Morgan fingerprint density at radius 1 is 1.00 bits per heavy atom. The maximum Gasteiger partial charge on any atom is 0.244 e. The van der Waals surface area contributed by atoms with E-state index in [1.54, 1.807) is 4.68 Å². The smallest absolute Gasteiger partial charge is 0.244 e. The van der Waals surface area contributed by atoms with E-state index in [2.05, 4.69) is 37.5 Å². The molecule has 4 heterocycles. The van der Waals surface area contributed by atoms with E-state index in [1.807, 2.05) is 17.3 Å². The minimum atomic E-state index is 0.109. The van der Waals surface area contributed by atoms with Crippen molar-refractivity contribution in [2.24, 2.45) is 0 Å². The van der Waals surface area contributed by atoms with Crippen molar-refractivity contribution in [3.05, 3.63) is 35.9 Å². The monoisotopic (exact) mass is 383 g/mol. The van der Waals surface area contributed by atoms with Crippen LogP contribution in [0.15, 0.2) is 24.5 Å². The maximum atomic E-state index is 12.8. The maximum absolute atomic E-state index is 12.8. The quantitative estimate of drug-likeness (QED) is 0.784. The van der Waals surface area contributed by atoms with Crippen LogP contribution in [-0.4, -0.2) is 67.1 Å². The van der Waals surface area contributed by atoms with E-state index in [0.29, 0.717) is 5.92 Å². The van der Waals surface area contributed by atoms with Crippen molar-refractivity contribution in [1.82, 2.24) is 35.0 Å². The lowest BCUT2D eigenvalue weighted by molar-refractivity contribution is -0.133. The molecule has 8 heteroatoms. The molecule has 0 spiro atoms. The van der Waals surface area contributed by atoms with Gasteiger partial charge in [0.2, 0.25) is 5.91 Å². The van der Waals surface area contributed by atoms with Crippen molar-refractivity contribution >= 4 is 5.91 Å². The van der Waals surface area contributed by atoms with Gasteiger partial charge in [0.1, 0.15) is 6.54 Å². The Morgan fingerprint density at radius 3 is 2.43 bits per heavy atom. The van der Waals surface area contributed by atoms with E-state index in [4.69, 9.17) is 0 Å². The molecular formula is C20H29N7O. The minimum Gasteiger partial charge on any atom is -0.341 e. The van der Waals surface area contributed by atoms with Gasteiger partial charge in [0.05, 0.1) is 6.54 Å². The highest BCUT2D eigenvalue weighted by atomic mass is 16.2. The molecule has 0 radical (unpaired) electrons. The van der Waals surface area contributed by atoms with Gasteiger partial charge in [-0.05, 0) is 72.8 Å². The molecule has 2 aliphatic rings. The first-order valence-corrected chi connectivity index (χ1v) is 10.4. The van der Waals surface area contributed by atoms with Crippen LogP contribution >= 0.6 is 0 Å². The largest absolute Gasteiger partial charge is 0.341 e. The van der Waals surface area contributed by atoms with Gasteiger partial charge in [-0.2, -0.15) is 0 Å². The molecule has 8 nitrogen and oxygen atoms in total. The molecule has 0 bridgehead atoms. The number of aromatic nitrogens is 5. The second-order valence-corrected chi connectivity index (χ2v) is 7.88. The second-order valence-electron chi connectivity index (χ2n) is 7.88. The summed E-state index contributed by atoms with van der Waals surface area (Å²) < 4.78 is 1.68. The van der Waals surface area contributed by atoms with Crippen LogP contribution in [0, 0.1) is 0 Å². The summed E-state index contributed by atoms with van der Waals surface area (Å²) in [7, 11) is 0. The molecule has 2 aromatic rings. The molecule has 2 aromatic heterocycles. The first-order chi connectivity index (χ1) is 13.8. The summed E-state index contributed by atoms with van der Waals surface area (Å²) in [6, 6.07) is 4.16. The number of likely N-dealkylation sites (tertiary alicyclic amines) is 2. The van der Waals surface area contributed by atoms with E-state index in [0.717, 1.165) is 51.4 Å².